The molecule has 23 heavy (non-hydrogen) atoms. The monoisotopic (exact) mass is 329 g/mol. The maximum Gasteiger partial charge on any atom is 0.419 e. The Morgan fingerprint density at radius 2 is 1.83 bits per heavy atom. The quantitative estimate of drug-likeness (QED) is 0.739. The zero-order valence-corrected chi connectivity index (χ0v) is 11.3. The molecule has 0 aliphatic heterocycles. The first kappa shape index (κ1) is 14.9. The van der Waals surface area contributed by atoms with E-state index in [0.29, 0.717) is 12.1 Å². The topological polar surface area (TPSA) is 86.0 Å². The van der Waals surface area contributed by atoms with Gasteiger partial charge in [0, 0.05) is 5.69 Å². The number of benzene rings is 1. The molecule has 120 valence electrons. The van der Waals surface area contributed by atoms with Gasteiger partial charge >= 0.3 is 6.18 Å². The molecule has 0 fully saturated rings. The summed E-state index contributed by atoms with van der Waals surface area (Å²) >= 11 is 0. The van der Waals surface area contributed by atoms with E-state index in [1.165, 1.54) is 7.11 Å². The van der Waals surface area contributed by atoms with E-state index in [-0.39, 0.29) is 28.7 Å². The highest BCUT2D eigenvalue weighted by atomic mass is 19.4. The molecule has 0 unspecified atom stereocenters. The molecule has 3 aromatic rings. The predicted molar refractivity (Wildman–Crippen MR) is 68.6 cm³/mol. The van der Waals surface area contributed by atoms with E-state index in [1.807, 2.05) is 0 Å². The highest BCUT2D eigenvalue weighted by Gasteiger charge is 2.34. The average Bonchev–Trinajstić information content (AvgIpc) is 2.92. The zero-order chi connectivity index (χ0) is 16.6. The van der Waals surface area contributed by atoms with Gasteiger partial charge in [-0.3, -0.25) is 0 Å². The molecule has 0 aliphatic rings. The van der Waals surface area contributed by atoms with Crippen LogP contribution in [0.2, 0.25) is 0 Å². The summed E-state index contributed by atoms with van der Waals surface area (Å²) in [4.78, 5) is 7.93. The van der Waals surface area contributed by atoms with Crippen molar-refractivity contribution in [1.82, 2.24) is 20.3 Å². The molecule has 0 bridgehead atoms. The molecular weight excluding hydrogens is 322 g/mol. The fourth-order valence-corrected chi connectivity index (χ4v) is 1.81. The van der Waals surface area contributed by atoms with E-state index in [1.54, 1.807) is 0 Å². The van der Waals surface area contributed by atoms with E-state index in [2.05, 4.69) is 30.2 Å². The fourth-order valence-electron chi connectivity index (χ4n) is 1.81. The molecule has 0 spiro atoms. The van der Waals surface area contributed by atoms with Gasteiger partial charge in [-0.25, -0.2) is 9.02 Å². The molecule has 0 saturated heterocycles. The van der Waals surface area contributed by atoms with Gasteiger partial charge < -0.3 is 10.1 Å². The summed E-state index contributed by atoms with van der Waals surface area (Å²) in [7, 11) is 1.31. The van der Waals surface area contributed by atoms with Crippen LogP contribution in [0.25, 0.3) is 11.3 Å². The first-order valence-corrected chi connectivity index (χ1v) is 6.06. The number of anilines is 2. The zero-order valence-electron chi connectivity index (χ0n) is 11.3. The van der Waals surface area contributed by atoms with Gasteiger partial charge in [0.15, 0.2) is 5.82 Å². The summed E-state index contributed by atoms with van der Waals surface area (Å²) in [5, 5.41) is 9.57. The van der Waals surface area contributed by atoms with Crippen LogP contribution in [-0.4, -0.2) is 27.4 Å². The van der Waals surface area contributed by atoms with Crippen molar-refractivity contribution in [2.75, 3.05) is 12.4 Å². The highest BCUT2D eigenvalue weighted by Crippen LogP contribution is 2.33. The molecule has 2 aromatic heterocycles. The lowest BCUT2D eigenvalue weighted by Gasteiger charge is -2.11. The van der Waals surface area contributed by atoms with E-state index >= 15 is 0 Å². The van der Waals surface area contributed by atoms with Crippen LogP contribution in [0.1, 0.15) is 5.56 Å². The van der Waals surface area contributed by atoms with Crippen LogP contribution in [-0.2, 0) is 6.18 Å². The van der Waals surface area contributed by atoms with Crippen LogP contribution in [0.5, 0.6) is 5.88 Å². The van der Waals surface area contributed by atoms with Crippen LogP contribution in [0.15, 0.2) is 22.8 Å². The third kappa shape index (κ3) is 2.84. The molecule has 1 aromatic carbocycles. The first-order valence-electron chi connectivity index (χ1n) is 6.06. The molecule has 2 heterocycles. The number of rotatable bonds is 3. The number of alkyl halides is 3. The van der Waals surface area contributed by atoms with Crippen molar-refractivity contribution < 1.29 is 26.9 Å². The third-order valence-electron chi connectivity index (χ3n) is 2.81. The molecule has 1 N–H and O–H groups in total. The number of methoxy groups -OCH3 is 1. The second kappa shape index (κ2) is 5.34. The number of aromatic nitrogens is 4. The average molecular weight is 329 g/mol. The van der Waals surface area contributed by atoms with Crippen molar-refractivity contribution in [3.05, 3.63) is 29.6 Å². The van der Waals surface area contributed by atoms with E-state index in [4.69, 9.17) is 4.74 Å². The summed E-state index contributed by atoms with van der Waals surface area (Å²) in [6.45, 7) is 0. The largest absolute Gasteiger partial charge is 0.478 e. The summed E-state index contributed by atoms with van der Waals surface area (Å²) in [6.07, 6.45) is -4.77. The summed E-state index contributed by atoms with van der Waals surface area (Å²) in [6, 6.07) is 2.36. The second-order valence-electron chi connectivity index (χ2n) is 4.31. The van der Waals surface area contributed by atoms with Crippen LogP contribution < -0.4 is 10.1 Å². The van der Waals surface area contributed by atoms with Gasteiger partial charge in [0.2, 0.25) is 11.3 Å². The Balaban J connectivity index is 1.97. The Hall–Kier alpha value is -2.98. The minimum Gasteiger partial charge on any atom is -0.478 e. The van der Waals surface area contributed by atoms with Crippen molar-refractivity contribution in [2.45, 2.75) is 6.18 Å². The van der Waals surface area contributed by atoms with Gasteiger partial charge in [0.25, 0.3) is 5.88 Å². The van der Waals surface area contributed by atoms with Gasteiger partial charge in [-0.1, -0.05) is 0 Å². The molecule has 0 aliphatic carbocycles. The lowest BCUT2D eigenvalue weighted by Crippen LogP contribution is -2.08. The molecule has 0 atom stereocenters. The Kier molecular flexibility index (Phi) is 3.47. The molecule has 0 saturated carbocycles. The maximum atomic E-state index is 13.6. The van der Waals surface area contributed by atoms with Crippen LogP contribution in [0.4, 0.5) is 29.1 Å². The van der Waals surface area contributed by atoms with Crippen LogP contribution >= 0.6 is 0 Å². The first-order chi connectivity index (χ1) is 10.9. The predicted octanol–water partition coefficient (Wildman–Crippen LogP) is 2.92. The second-order valence-corrected chi connectivity index (χ2v) is 4.31. The SMILES string of the molecule is COc1nc2nonc2nc1Nc1ccc(C(F)(F)F)c(F)c1. The Bertz CT molecular complexity index is 864. The number of fused-ring (bicyclic) bond motifs is 1. The van der Waals surface area contributed by atoms with Crippen LogP contribution in [0.3, 0.4) is 0 Å². The molecule has 0 amide bonds. The molecular formula is C12H7F4N5O2. The number of nitrogens with one attached hydrogen (secondary N) is 1. The Labute approximate surface area is 125 Å². The van der Waals surface area contributed by atoms with Crippen molar-refractivity contribution in [1.29, 1.82) is 0 Å². The van der Waals surface area contributed by atoms with Gasteiger partial charge in [0.1, 0.15) is 5.82 Å². The van der Waals surface area contributed by atoms with Gasteiger partial charge in [-0.2, -0.15) is 23.1 Å². The van der Waals surface area contributed by atoms with Gasteiger partial charge in [0.05, 0.1) is 12.7 Å². The molecule has 3 rings (SSSR count). The lowest BCUT2D eigenvalue weighted by atomic mass is 10.2. The number of hydrogen-bond donors (Lipinski definition) is 1. The maximum absolute atomic E-state index is 13.6. The van der Waals surface area contributed by atoms with Crippen molar-refractivity contribution in [3.63, 3.8) is 0 Å². The Morgan fingerprint density at radius 1 is 1.13 bits per heavy atom. The number of hydrogen-bond acceptors (Lipinski definition) is 7. The van der Waals surface area contributed by atoms with Gasteiger partial charge in [-0.15, -0.1) is 0 Å². The van der Waals surface area contributed by atoms with E-state index in [0.717, 1.165) is 6.07 Å². The number of nitrogens with zero attached hydrogens (tertiary/aromatic N) is 4. The Morgan fingerprint density at radius 3 is 2.43 bits per heavy atom. The minimum absolute atomic E-state index is 0.00601. The van der Waals surface area contributed by atoms with Gasteiger partial charge in [-0.05, 0) is 28.5 Å². The standard InChI is InChI=1S/C12H7F4N5O2/c1-22-11-10(18-8-9(19-11)21-23-20-8)17-5-2-3-6(7(13)4-5)12(14,15)16/h2-4H,1H3,(H,17,18,20). The number of ether oxygens (including phenoxy) is 1. The highest BCUT2D eigenvalue weighted by molar-refractivity contribution is 5.71. The summed E-state index contributed by atoms with van der Waals surface area (Å²) in [5.74, 6) is -1.40. The molecule has 11 heteroatoms. The summed E-state index contributed by atoms with van der Waals surface area (Å²) in [5.41, 5.74) is -1.19. The van der Waals surface area contributed by atoms with Crippen LogP contribution in [0, 0.1) is 5.82 Å². The fraction of sp³-hybridized carbons (Fsp3) is 0.167. The van der Waals surface area contributed by atoms with E-state index < -0.39 is 17.6 Å². The summed E-state index contributed by atoms with van der Waals surface area (Å²) < 4.78 is 60.6. The molecule has 0 radical (unpaired) electrons. The van der Waals surface area contributed by atoms with E-state index in [9.17, 15) is 17.6 Å². The third-order valence-corrected chi connectivity index (χ3v) is 2.81. The smallest absolute Gasteiger partial charge is 0.419 e. The van der Waals surface area contributed by atoms with Crippen molar-refractivity contribution in [2.24, 2.45) is 0 Å². The normalized spacial score (nSPS) is 11.7. The van der Waals surface area contributed by atoms with Crippen molar-refractivity contribution in [3.8, 4) is 5.88 Å². The molecule has 7 nitrogen and oxygen atoms in total. The minimum atomic E-state index is -4.77. The van der Waals surface area contributed by atoms with Crippen molar-refractivity contribution >= 4 is 22.8 Å². The lowest BCUT2D eigenvalue weighted by molar-refractivity contribution is -0.139. The number of halogens is 4.